The Kier molecular flexibility index (Phi) is 12.3. The maximum atomic E-state index is 13.0. The maximum absolute atomic E-state index is 13.0. The van der Waals surface area contributed by atoms with Crippen LogP contribution in [0.25, 0.3) is 0 Å². The summed E-state index contributed by atoms with van der Waals surface area (Å²) in [6.07, 6.45) is 2.50. The summed E-state index contributed by atoms with van der Waals surface area (Å²) in [5, 5.41) is 11.7. The van der Waals surface area contributed by atoms with E-state index in [0.717, 1.165) is 15.6 Å². The lowest BCUT2D eigenvalue weighted by Crippen LogP contribution is -2.54. The van der Waals surface area contributed by atoms with Crippen LogP contribution in [-0.4, -0.2) is 58.1 Å². The molecule has 0 saturated heterocycles. The zero-order valence-corrected chi connectivity index (χ0v) is 24.4. The molecule has 37 heavy (non-hydrogen) atoms. The molecule has 2 rings (SSSR count). The van der Waals surface area contributed by atoms with Crippen molar-refractivity contribution in [1.29, 1.82) is 0 Å². The van der Waals surface area contributed by atoms with Crippen LogP contribution in [0.1, 0.15) is 75.9 Å². The molecule has 12 heteroatoms. The summed E-state index contributed by atoms with van der Waals surface area (Å²) in [5.41, 5.74) is 2.52. The number of alkyl carbamates (subject to hydrolysis) is 1. The van der Waals surface area contributed by atoms with Gasteiger partial charge in [0.25, 0.3) is 0 Å². The summed E-state index contributed by atoms with van der Waals surface area (Å²) < 4.78 is 5.19. The Bertz CT molecular complexity index is 995. The fourth-order valence-electron chi connectivity index (χ4n) is 3.42. The van der Waals surface area contributed by atoms with Crippen molar-refractivity contribution in [2.75, 3.05) is 7.05 Å². The zero-order chi connectivity index (χ0) is 27.5. The van der Waals surface area contributed by atoms with Crippen LogP contribution < -0.4 is 16.0 Å². The molecule has 0 aliphatic carbocycles. The predicted octanol–water partition coefficient (Wildman–Crippen LogP) is 4.49. The van der Waals surface area contributed by atoms with Gasteiger partial charge in [-0.05, 0) is 32.6 Å². The zero-order valence-electron chi connectivity index (χ0n) is 22.7. The van der Waals surface area contributed by atoms with Crippen molar-refractivity contribution >= 4 is 40.7 Å². The number of carbonyl (C=O) groups is 3. The third kappa shape index (κ3) is 10.6. The molecule has 0 radical (unpaired) electrons. The quantitative estimate of drug-likeness (QED) is 0.336. The van der Waals surface area contributed by atoms with Crippen LogP contribution in [0.5, 0.6) is 0 Å². The number of hydrogen-bond acceptors (Lipinski definition) is 8. The van der Waals surface area contributed by atoms with E-state index in [1.165, 1.54) is 16.2 Å². The number of carbonyl (C=O) groups excluding carboxylic acids is 3. The molecule has 0 bridgehead atoms. The van der Waals surface area contributed by atoms with Gasteiger partial charge in [-0.25, -0.2) is 14.6 Å². The highest BCUT2D eigenvalue weighted by molar-refractivity contribution is 7.09. The second-order valence-corrected chi connectivity index (χ2v) is 11.8. The Morgan fingerprint density at radius 3 is 2.24 bits per heavy atom. The molecule has 3 unspecified atom stereocenters. The first-order valence-electron chi connectivity index (χ1n) is 12.5. The second-order valence-electron chi connectivity index (χ2n) is 9.94. The standard InChI is InChI=1S/C25H40N6O4S2/c1-15(2)21(30-24(33)31(7)11-19-13-36-23(29-19)16(3)4)22(32)27-17(5)8-9-18(6)28-25(34)35-12-20-10-26-14-37-20/h10,13-18,21H,8-9,11-12H2,1-7H3,(H,27,32)(H,28,34)(H,30,33). The third-order valence-electron chi connectivity index (χ3n) is 5.65. The van der Waals surface area contributed by atoms with Crippen LogP contribution >= 0.6 is 22.7 Å². The highest BCUT2D eigenvalue weighted by atomic mass is 32.1. The van der Waals surface area contributed by atoms with Gasteiger partial charge in [0.05, 0.1) is 27.6 Å². The molecule has 0 spiro atoms. The van der Waals surface area contributed by atoms with Crippen molar-refractivity contribution in [1.82, 2.24) is 30.8 Å². The van der Waals surface area contributed by atoms with Crippen LogP contribution in [0.2, 0.25) is 0 Å². The minimum Gasteiger partial charge on any atom is -0.444 e. The Morgan fingerprint density at radius 1 is 1.00 bits per heavy atom. The van der Waals surface area contributed by atoms with E-state index in [4.69, 9.17) is 4.74 Å². The summed E-state index contributed by atoms with van der Waals surface area (Å²) in [6, 6.07) is -1.25. The minimum absolute atomic E-state index is 0.0923. The maximum Gasteiger partial charge on any atom is 0.407 e. The van der Waals surface area contributed by atoms with Gasteiger partial charge < -0.3 is 25.6 Å². The van der Waals surface area contributed by atoms with E-state index in [1.807, 2.05) is 33.1 Å². The number of rotatable bonds is 13. The Hall–Kier alpha value is -2.73. The first-order chi connectivity index (χ1) is 17.5. The third-order valence-corrected chi connectivity index (χ3v) is 7.60. The molecule has 10 nitrogen and oxygen atoms in total. The van der Waals surface area contributed by atoms with E-state index in [2.05, 4.69) is 39.8 Å². The van der Waals surface area contributed by atoms with Crippen LogP contribution in [0.4, 0.5) is 9.59 Å². The van der Waals surface area contributed by atoms with Crippen LogP contribution in [0.15, 0.2) is 17.1 Å². The highest BCUT2D eigenvalue weighted by Gasteiger charge is 2.27. The van der Waals surface area contributed by atoms with Gasteiger partial charge >= 0.3 is 12.1 Å². The molecule has 0 aliphatic heterocycles. The molecule has 2 aromatic heterocycles. The van der Waals surface area contributed by atoms with Gasteiger partial charge in [-0.1, -0.05) is 27.7 Å². The van der Waals surface area contributed by atoms with Gasteiger partial charge in [0.2, 0.25) is 5.91 Å². The fourth-order valence-corrected chi connectivity index (χ4v) is 4.76. The lowest BCUT2D eigenvalue weighted by Gasteiger charge is -2.27. The van der Waals surface area contributed by atoms with Crippen LogP contribution in [0, 0.1) is 5.92 Å². The molecule has 3 atom stereocenters. The second kappa shape index (κ2) is 14.9. The van der Waals surface area contributed by atoms with Gasteiger partial charge in [0, 0.05) is 36.6 Å². The number of nitrogens with zero attached hydrogens (tertiary/aromatic N) is 3. The first kappa shape index (κ1) is 30.5. The molecule has 0 fully saturated rings. The molecule has 0 aromatic carbocycles. The molecule has 3 N–H and O–H groups in total. The Morgan fingerprint density at radius 2 is 1.68 bits per heavy atom. The van der Waals surface area contributed by atoms with E-state index in [-0.39, 0.29) is 36.5 Å². The Labute approximate surface area is 227 Å². The van der Waals surface area contributed by atoms with E-state index in [0.29, 0.717) is 25.3 Å². The summed E-state index contributed by atoms with van der Waals surface area (Å²) >= 11 is 3.01. The van der Waals surface area contributed by atoms with Crippen LogP contribution in [0.3, 0.4) is 0 Å². The molecule has 0 aliphatic rings. The van der Waals surface area contributed by atoms with Gasteiger partial charge in [0.1, 0.15) is 12.6 Å². The van der Waals surface area contributed by atoms with Gasteiger partial charge in [-0.15, -0.1) is 22.7 Å². The highest BCUT2D eigenvalue weighted by Crippen LogP contribution is 2.20. The van der Waals surface area contributed by atoms with Gasteiger partial charge in [-0.2, -0.15) is 0 Å². The number of hydrogen-bond donors (Lipinski definition) is 3. The summed E-state index contributed by atoms with van der Waals surface area (Å²) in [7, 11) is 1.69. The van der Waals surface area contributed by atoms with Crippen molar-refractivity contribution < 1.29 is 19.1 Å². The molecule has 0 saturated carbocycles. The summed E-state index contributed by atoms with van der Waals surface area (Å²) in [4.78, 5) is 48.7. The van der Waals surface area contributed by atoms with E-state index >= 15 is 0 Å². The molecule has 2 aromatic rings. The number of aromatic nitrogens is 2. The smallest absolute Gasteiger partial charge is 0.407 e. The minimum atomic E-state index is -0.670. The lowest BCUT2D eigenvalue weighted by atomic mass is 10.0. The van der Waals surface area contributed by atoms with Crippen molar-refractivity contribution in [2.24, 2.45) is 5.92 Å². The van der Waals surface area contributed by atoms with Crippen molar-refractivity contribution in [3.8, 4) is 0 Å². The predicted molar refractivity (Wildman–Crippen MR) is 147 cm³/mol. The number of ether oxygens (including phenoxy) is 1. The average Bonchev–Trinajstić information content (AvgIpc) is 3.51. The monoisotopic (exact) mass is 552 g/mol. The SMILES string of the molecule is CC(CCC(C)NC(=O)C(NC(=O)N(C)Cc1csc(C(C)C)n1)C(C)C)NC(=O)OCc1cncs1. The van der Waals surface area contributed by atoms with Crippen LogP contribution in [-0.2, 0) is 22.7 Å². The van der Waals surface area contributed by atoms with E-state index < -0.39 is 12.1 Å². The Balaban J connectivity index is 1.76. The number of amides is 4. The van der Waals surface area contributed by atoms with Crippen molar-refractivity contribution in [2.45, 2.75) is 91.6 Å². The molecule has 206 valence electrons. The van der Waals surface area contributed by atoms with Crippen molar-refractivity contribution in [3.63, 3.8) is 0 Å². The van der Waals surface area contributed by atoms with E-state index in [9.17, 15) is 14.4 Å². The molecule has 2 heterocycles. The average molecular weight is 553 g/mol. The first-order valence-corrected chi connectivity index (χ1v) is 14.3. The fraction of sp³-hybridized carbons (Fsp3) is 0.640. The van der Waals surface area contributed by atoms with Gasteiger partial charge in [-0.3, -0.25) is 9.78 Å². The molecule has 4 amide bonds. The normalized spacial score (nSPS) is 13.6. The van der Waals surface area contributed by atoms with Gasteiger partial charge in [0.15, 0.2) is 0 Å². The molecular weight excluding hydrogens is 512 g/mol. The molecular formula is C25H40N6O4S2. The number of thiazole rings is 2. The summed E-state index contributed by atoms with van der Waals surface area (Å²) in [5.74, 6) is 0.0190. The summed E-state index contributed by atoms with van der Waals surface area (Å²) in [6.45, 7) is 12.3. The van der Waals surface area contributed by atoms with E-state index in [1.54, 1.807) is 30.1 Å². The van der Waals surface area contributed by atoms with Crippen molar-refractivity contribution in [3.05, 3.63) is 32.7 Å². The number of urea groups is 1. The topological polar surface area (TPSA) is 126 Å². The largest absolute Gasteiger partial charge is 0.444 e. The lowest BCUT2D eigenvalue weighted by molar-refractivity contribution is -0.124. The number of nitrogens with one attached hydrogen (secondary N) is 3.